The maximum atomic E-state index is 14.3. The Morgan fingerprint density at radius 3 is 2.00 bits per heavy atom. The van der Waals surface area contributed by atoms with E-state index in [4.69, 9.17) is 0 Å². The van der Waals surface area contributed by atoms with Gasteiger partial charge >= 0.3 is 18.0 Å². The van der Waals surface area contributed by atoms with E-state index in [-0.39, 0.29) is 22.0 Å². The molecule has 0 spiro atoms. The number of carbonyl (C=O) groups is 1. The second-order valence-electron chi connectivity index (χ2n) is 7.36. The Labute approximate surface area is 185 Å². The molecule has 0 saturated heterocycles. The molecule has 176 valence electrons. The first-order valence-electron chi connectivity index (χ1n) is 9.52. The fourth-order valence-corrected chi connectivity index (χ4v) is 3.66. The normalized spacial score (nSPS) is 12.9. The third kappa shape index (κ3) is 3.22. The lowest BCUT2D eigenvalue weighted by Crippen LogP contribution is -2.57. The summed E-state index contributed by atoms with van der Waals surface area (Å²) in [4.78, 5) is 25.6. The molecular formula is C23H12F7NO3. The predicted octanol–water partition coefficient (Wildman–Crippen LogP) is 5.87. The Bertz CT molecular complexity index is 1490. The van der Waals surface area contributed by atoms with E-state index in [2.05, 4.69) is 0 Å². The number of alkyl halides is 7. The van der Waals surface area contributed by atoms with Crippen LogP contribution in [0.3, 0.4) is 0 Å². The molecule has 1 heterocycles. The van der Waals surface area contributed by atoms with Gasteiger partial charge in [0.1, 0.15) is 11.3 Å². The number of pyridine rings is 1. The van der Waals surface area contributed by atoms with Crippen LogP contribution in [0.1, 0.15) is 10.4 Å². The van der Waals surface area contributed by atoms with E-state index in [1.54, 1.807) is 12.1 Å². The summed E-state index contributed by atoms with van der Waals surface area (Å²) in [6.45, 7) is 0. The first-order valence-corrected chi connectivity index (χ1v) is 9.52. The molecule has 11 heteroatoms. The fourth-order valence-electron chi connectivity index (χ4n) is 3.66. The Morgan fingerprint density at radius 2 is 1.38 bits per heavy atom. The third-order valence-corrected chi connectivity index (χ3v) is 5.32. The summed E-state index contributed by atoms with van der Waals surface area (Å²) in [5.41, 5.74) is -3.67. The summed E-state index contributed by atoms with van der Waals surface area (Å²) in [7, 11) is 0. The monoisotopic (exact) mass is 483 g/mol. The molecule has 4 nitrogen and oxygen atoms in total. The van der Waals surface area contributed by atoms with E-state index in [1.165, 1.54) is 54.6 Å². The van der Waals surface area contributed by atoms with E-state index in [1.807, 2.05) is 0 Å². The predicted molar refractivity (Wildman–Crippen MR) is 109 cm³/mol. The summed E-state index contributed by atoms with van der Waals surface area (Å²) in [5, 5.41) is 10.9. The number of nitrogens with zero attached hydrogens (tertiary/aromatic N) is 1. The number of hydrogen-bond donors (Lipinski definition) is 1. The van der Waals surface area contributed by atoms with Crippen molar-refractivity contribution in [2.45, 2.75) is 18.0 Å². The maximum absolute atomic E-state index is 14.3. The number of ketones is 1. The maximum Gasteiger partial charge on any atom is 0.460 e. The van der Waals surface area contributed by atoms with Gasteiger partial charge in [0.2, 0.25) is 5.78 Å². The second kappa shape index (κ2) is 7.57. The van der Waals surface area contributed by atoms with Gasteiger partial charge in [-0.15, -0.1) is 0 Å². The first kappa shape index (κ1) is 23.3. The zero-order valence-electron chi connectivity index (χ0n) is 16.7. The van der Waals surface area contributed by atoms with Gasteiger partial charge in [-0.25, -0.2) is 0 Å². The van der Waals surface area contributed by atoms with Gasteiger partial charge < -0.3 is 5.11 Å². The lowest BCUT2D eigenvalue weighted by Gasteiger charge is -2.27. The largest absolute Gasteiger partial charge is 0.506 e. The van der Waals surface area contributed by atoms with Gasteiger partial charge in [0.15, 0.2) is 0 Å². The number of benzene rings is 3. The molecule has 0 saturated carbocycles. The number of para-hydroxylation sites is 1. The smallest absolute Gasteiger partial charge is 0.460 e. The van der Waals surface area contributed by atoms with E-state index >= 15 is 0 Å². The molecule has 0 radical (unpaired) electrons. The molecule has 1 N–H and O–H groups in total. The Kier molecular flexibility index (Phi) is 5.18. The molecule has 0 unspecified atom stereocenters. The molecule has 0 atom stereocenters. The van der Waals surface area contributed by atoms with E-state index in [0.717, 1.165) is 0 Å². The van der Waals surface area contributed by atoms with Crippen molar-refractivity contribution < 1.29 is 40.6 Å². The summed E-state index contributed by atoms with van der Waals surface area (Å²) in [6, 6.07) is 15.9. The van der Waals surface area contributed by atoms with Crippen molar-refractivity contribution in [3.63, 3.8) is 0 Å². The minimum atomic E-state index is -6.80. The molecule has 0 aliphatic heterocycles. The summed E-state index contributed by atoms with van der Waals surface area (Å²) in [6.07, 6.45) is -6.80. The fraction of sp³-hybridized carbons (Fsp3) is 0.130. The molecular weight excluding hydrogens is 471 g/mol. The SMILES string of the molecule is O=C(c1c(O)c2c3ccccc3ccc2n(-c2ccccc2)c1=O)C(F)(F)C(F)(F)C(F)(F)F. The third-order valence-electron chi connectivity index (χ3n) is 5.32. The van der Waals surface area contributed by atoms with E-state index < -0.39 is 40.7 Å². The molecule has 0 bridgehead atoms. The van der Waals surface area contributed by atoms with E-state index in [9.17, 15) is 45.4 Å². The number of halogens is 7. The topological polar surface area (TPSA) is 59.3 Å². The van der Waals surface area contributed by atoms with Crippen molar-refractivity contribution in [3.8, 4) is 11.4 Å². The molecule has 34 heavy (non-hydrogen) atoms. The Hall–Kier alpha value is -3.89. The average Bonchev–Trinajstić information content (AvgIpc) is 2.78. The zero-order chi connectivity index (χ0) is 25.1. The molecule has 0 fully saturated rings. The molecule has 0 amide bonds. The molecule has 4 aromatic rings. The van der Waals surface area contributed by atoms with Crippen LogP contribution in [0, 0.1) is 0 Å². The number of rotatable bonds is 4. The van der Waals surface area contributed by atoms with Crippen molar-refractivity contribution >= 4 is 27.5 Å². The van der Waals surface area contributed by atoms with Crippen LogP contribution in [0.25, 0.3) is 27.4 Å². The highest BCUT2D eigenvalue weighted by molar-refractivity contribution is 6.15. The van der Waals surface area contributed by atoms with Crippen molar-refractivity contribution in [1.82, 2.24) is 4.57 Å². The Balaban J connectivity index is 2.16. The lowest BCUT2D eigenvalue weighted by molar-refractivity contribution is -0.339. The van der Waals surface area contributed by atoms with Crippen LogP contribution in [-0.2, 0) is 0 Å². The van der Waals surface area contributed by atoms with Crippen LogP contribution in [-0.4, -0.2) is 33.5 Å². The van der Waals surface area contributed by atoms with Gasteiger partial charge in [-0.3, -0.25) is 14.2 Å². The van der Waals surface area contributed by atoms with Gasteiger partial charge in [-0.2, -0.15) is 30.7 Å². The zero-order valence-corrected chi connectivity index (χ0v) is 16.7. The number of aromatic nitrogens is 1. The van der Waals surface area contributed by atoms with Crippen molar-refractivity contribution in [3.05, 3.63) is 82.6 Å². The highest BCUT2D eigenvalue weighted by Crippen LogP contribution is 2.48. The number of carbonyl (C=O) groups excluding carboxylic acids is 1. The van der Waals surface area contributed by atoms with Crippen LogP contribution in [0.15, 0.2) is 71.5 Å². The van der Waals surface area contributed by atoms with Gasteiger partial charge in [0.25, 0.3) is 5.56 Å². The van der Waals surface area contributed by atoms with Gasteiger partial charge in [0, 0.05) is 11.1 Å². The molecule has 1 aromatic heterocycles. The molecule has 0 aliphatic rings. The standard InChI is InChI=1S/C23H12F7NO3/c24-21(25,22(26,27)23(28,29)30)19(33)17-18(32)16-14-9-5-4-6-12(14)10-11-15(16)31(20(17)34)13-7-2-1-3-8-13/h1-11,32H. The van der Waals surface area contributed by atoms with Crippen molar-refractivity contribution in [1.29, 1.82) is 0 Å². The summed E-state index contributed by atoms with van der Waals surface area (Å²) < 4.78 is 94.6. The van der Waals surface area contributed by atoms with Crippen molar-refractivity contribution in [2.24, 2.45) is 0 Å². The van der Waals surface area contributed by atoms with Crippen LogP contribution in [0.4, 0.5) is 30.7 Å². The molecule has 3 aromatic carbocycles. The van der Waals surface area contributed by atoms with E-state index in [0.29, 0.717) is 9.95 Å². The van der Waals surface area contributed by atoms with Crippen LogP contribution < -0.4 is 5.56 Å². The summed E-state index contributed by atoms with van der Waals surface area (Å²) in [5.74, 6) is -17.8. The van der Waals surface area contributed by atoms with Gasteiger partial charge in [-0.1, -0.05) is 48.5 Å². The van der Waals surface area contributed by atoms with Gasteiger partial charge in [0.05, 0.1) is 5.52 Å². The molecule has 0 aliphatic carbocycles. The van der Waals surface area contributed by atoms with Crippen molar-refractivity contribution in [2.75, 3.05) is 0 Å². The highest BCUT2D eigenvalue weighted by atomic mass is 19.4. The molecule has 4 rings (SSSR count). The Morgan fingerprint density at radius 1 is 0.794 bits per heavy atom. The first-order chi connectivity index (χ1) is 15.8. The number of hydrogen-bond acceptors (Lipinski definition) is 3. The minimum Gasteiger partial charge on any atom is -0.506 e. The summed E-state index contributed by atoms with van der Waals surface area (Å²) >= 11 is 0. The number of fused-ring (bicyclic) bond motifs is 3. The number of aromatic hydroxyl groups is 1. The highest BCUT2D eigenvalue weighted by Gasteiger charge is 2.76. The minimum absolute atomic E-state index is 0.00673. The average molecular weight is 483 g/mol. The quantitative estimate of drug-likeness (QED) is 0.225. The lowest BCUT2D eigenvalue weighted by atomic mass is 9.96. The second-order valence-corrected chi connectivity index (χ2v) is 7.36. The number of Topliss-reactive ketones (excluding diaryl/α,β-unsaturated/α-hetero) is 1. The van der Waals surface area contributed by atoms with Crippen LogP contribution in [0.5, 0.6) is 5.75 Å². The van der Waals surface area contributed by atoms with Crippen LogP contribution >= 0.6 is 0 Å². The van der Waals surface area contributed by atoms with Crippen LogP contribution in [0.2, 0.25) is 0 Å². The van der Waals surface area contributed by atoms with Gasteiger partial charge in [-0.05, 0) is 29.0 Å².